The lowest BCUT2D eigenvalue weighted by molar-refractivity contribution is -0.115. The van der Waals surface area contributed by atoms with Crippen molar-refractivity contribution >= 4 is 35.2 Å². The number of fused-ring (bicyclic) bond motifs is 1. The Morgan fingerprint density at radius 1 is 1.30 bits per heavy atom. The van der Waals surface area contributed by atoms with Crippen LogP contribution in [0, 0.1) is 6.92 Å². The summed E-state index contributed by atoms with van der Waals surface area (Å²) in [4.78, 5) is 20.5. The zero-order chi connectivity index (χ0) is 18.1. The van der Waals surface area contributed by atoms with Gasteiger partial charge in [-0.1, -0.05) is 18.2 Å². The van der Waals surface area contributed by atoms with Crippen LogP contribution in [0.5, 0.6) is 0 Å². The summed E-state index contributed by atoms with van der Waals surface area (Å²) >= 11 is 0. The van der Waals surface area contributed by atoms with E-state index >= 15 is 0 Å². The predicted octanol–water partition coefficient (Wildman–Crippen LogP) is 2.67. The number of aromatic amines is 1. The molecular formula is C19H25ClN6O. The van der Waals surface area contributed by atoms with Crippen molar-refractivity contribution in [3.05, 3.63) is 41.3 Å². The highest BCUT2D eigenvalue weighted by Gasteiger charge is 2.21. The van der Waals surface area contributed by atoms with Crippen LogP contribution < -0.4 is 10.6 Å². The van der Waals surface area contributed by atoms with E-state index in [4.69, 9.17) is 0 Å². The van der Waals surface area contributed by atoms with Crippen LogP contribution >= 0.6 is 12.4 Å². The van der Waals surface area contributed by atoms with Crippen molar-refractivity contribution in [2.45, 2.75) is 32.1 Å². The quantitative estimate of drug-likeness (QED) is 0.641. The first-order valence-corrected chi connectivity index (χ1v) is 9.09. The lowest BCUT2D eigenvalue weighted by atomic mass is 9.98. The van der Waals surface area contributed by atoms with Crippen LogP contribution in [0.15, 0.2) is 24.3 Å². The summed E-state index contributed by atoms with van der Waals surface area (Å²) in [6.45, 7) is 3.98. The molecule has 0 radical (unpaired) electrons. The van der Waals surface area contributed by atoms with Gasteiger partial charge < -0.3 is 10.3 Å². The van der Waals surface area contributed by atoms with Crippen molar-refractivity contribution in [3.63, 3.8) is 0 Å². The monoisotopic (exact) mass is 388 g/mol. The number of aryl methyl sites for hydroxylation is 2. The average Bonchev–Trinajstić information content (AvgIpc) is 3.16. The van der Waals surface area contributed by atoms with Crippen molar-refractivity contribution in [1.29, 1.82) is 0 Å². The molecule has 3 N–H and O–H groups in total. The smallest absolute Gasteiger partial charge is 0.231 e. The zero-order valence-corrected chi connectivity index (χ0v) is 16.4. The van der Waals surface area contributed by atoms with Crippen molar-refractivity contribution in [1.82, 2.24) is 25.1 Å². The fourth-order valence-corrected chi connectivity index (χ4v) is 3.66. The fourth-order valence-electron chi connectivity index (χ4n) is 3.66. The maximum Gasteiger partial charge on any atom is 0.231 e. The topological polar surface area (TPSA) is 87.6 Å². The molecule has 1 saturated heterocycles. The Bertz CT molecular complexity index is 941. The Hall–Kier alpha value is -2.38. The third-order valence-electron chi connectivity index (χ3n) is 5.10. The summed E-state index contributed by atoms with van der Waals surface area (Å²) in [5, 5.41) is 11.9. The highest BCUT2D eigenvalue weighted by Crippen LogP contribution is 2.24. The van der Waals surface area contributed by atoms with Gasteiger partial charge in [-0.3, -0.25) is 10.1 Å². The summed E-state index contributed by atoms with van der Waals surface area (Å²) < 4.78 is 1.66. The van der Waals surface area contributed by atoms with Gasteiger partial charge in [-0.2, -0.15) is 10.1 Å². The summed E-state index contributed by atoms with van der Waals surface area (Å²) in [5.41, 5.74) is 3.10. The molecule has 8 heteroatoms. The normalized spacial score (nSPS) is 14.9. The second-order valence-electron chi connectivity index (χ2n) is 6.94. The molecule has 0 atom stereocenters. The Balaban J connectivity index is 0.00000210. The predicted molar refractivity (Wildman–Crippen MR) is 108 cm³/mol. The molecule has 7 nitrogen and oxygen atoms in total. The van der Waals surface area contributed by atoms with Gasteiger partial charge in [0.2, 0.25) is 11.9 Å². The molecule has 0 saturated carbocycles. The number of halogens is 1. The fraction of sp³-hybridized carbons (Fsp3) is 0.421. The highest BCUT2D eigenvalue weighted by molar-refractivity contribution is 5.95. The van der Waals surface area contributed by atoms with Crippen LogP contribution in [0.2, 0.25) is 0 Å². The van der Waals surface area contributed by atoms with E-state index in [2.05, 4.69) is 25.7 Å². The lowest BCUT2D eigenvalue weighted by Crippen LogP contribution is -2.27. The van der Waals surface area contributed by atoms with E-state index in [1.54, 1.807) is 4.68 Å². The summed E-state index contributed by atoms with van der Waals surface area (Å²) in [7, 11) is 1.82. The third kappa shape index (κ3) is 3.99. The van der Waals surface area contributed by atoms with Crippen molar-refractivity contribution in [3.8, 4) is 0 Å². The molecule has 0 unspecified atom stereocenters. The molecule has 1 aromatic carbocycles. The van der Waals surface area contributed by atoms with Crippen LogP contribution in [0.3, 0.4) is 0 Å². The minimum absolute atomic E-state index is 0. The Kier molecular flexibility index (Phi) is 5.82. The first-order chi connectivity index (χ1) is 12.6. The molecule has 3 heterocycles. The molecule has 2 aromatic heterocycles. The number of benzene rings is 1. The molecule has 1 aliphatic rings. The van der Waals surface area contributed by atoms with Crippen molar-refractivity contribution in [2.75, 3.05) is 18.4 Å². The number of amides is 1. The molecule has 1 amide bonds. The van der Waals surface area contributed by atoms with Crippen molar-refractivity contribution in [2.24, 2.45) is 7.05 Å². The van der Waals surface area contributed by atoms with Gasteiger partial charge >= 0.3 is 0 Å². The van der Waals surface area contributed by atoms with E-state index in [0.717, 1.165) is 53.9 Å². The number of aromatic nitrogens is 4. The summed E-state index contributed by atoms with van der Waals surface area (Å²) in [6, 6.07) is 8.05. The van der Waals surface area contributed by atoms with Gasteiger partial charge in [0.05, 0.1) is 6.42 Å². The van der Waals surface area contributed by atoms with Gasteiger partial charge in [0.15, 0.2) is 5.82 Å². The van der Waals surface area contributed by atoms with Crippen LogP contribution in [-0.4, -0.2) is 38.7 Å². The lowest BCUT2D eigenvalue weighted by Gasteiger charge is -2.19. The number of rotatable bonds is 4. The Morgan fingerprint density at radius 2 is 2.04 bits per heavy atom. The molecule has 4 rings (SSSR count). The zero-order valence-electron chi connectivity index (χ0n) is 15.6. The average molecular weight is 389 g/mol. The van der Waals surface area contributed by atoms with E-state index in [1.807, 2.05) is 38.2 Å². The molecule has 1 fully saturated rings. The molecule has 0 bridgehead atoms. The Labute approximate surface area is 164 Å². The van der Waals surface area contributed by atoms with Crippen LogP contribution in [0.25, 0.3) is 10.9 Å². The second kappa shape index (κ2) is 8.10. The first-order valence-electron chi connectivity index (χ1n) is 9.09. The van der Waals surface area contributed by atoms with Gasteiger partial charge in [-0.15, -0.1) is 12.4 Å². The number of piperidine rings is 1. The Morgan fingerprint density at radius 3 is 2.81 bits per heavy atom. The number of hydrogen-bond donors (Lipinski definition) is 3. The number of anilines is 1. The van der Waals surface area contributed by atoms with E-state index in [1.165, 1.54) is 0 Å². The number of H-pyrrole nitrogens is 1. The number of carbonyl (C=O) groups is 1. The van der Waals surface area contributed by atoms with E-state index in [-0.39, 0.29) is 18.3 Å². The molecule has 1 aliphatic heterocycles. The minimum atomic E-state index is -0.0785. The number of carbonyl (C=O) groups excluding carboxylic acids is 1. The maximum absolute atomic E-state index is 12.6. The first kappa shape index (κ1) is 19.4. The number of hydrogen-bond acceptors (Lipinski definition) is 4. The van der Waals surface area contributed by atoms with E-state index in [9.17, 15) is 4.79 Å². The van der Waals surface area contributed by atoms with Crippen LogP contribution in [0.1, 0.15) is 35.8 Å². The van der Waals surface area contributed by atoms with Gasteiger partial charge in [0, 0.05) is 29.6 Å². The van der Waals surface area contributed by atoms with Crippen LogP contribution in [0.4, 0.5) is 5.95 Å². The molecule has 27 heavy (non-hydrogen) atoms. The number of nitrogens with zero attached hydrogens (tertiary/aromatic N) is 3. The molecule has 144 valence electrons. The SMILES string of the molecule is Cc1[nH]c2ccccc2c1CC(=O)Nc1nc(C2CCNCC2)nn1C.Cl. The maximum atomic E-state index is 12.6. The third-order valence-corrected chi connectivity index (χ3v) is 5.10. The molecule has 0 aliphatic carbocycles. The van der Waals surface area contributed by atoms with E-state index in [0.29, 0.717) is 18.3 Å². The number of para-hydroxylation sites is 1. The second-order valence-corrected chi connectivity index (χ2v) is 6.94. The molecule has 3 aromatic rings. The van der Waals surface area contributed by atoms with Crippen molar-refractivity contribution < 1.29 is 4.79 Å². The van der Waals surface area contributed by atoms with Gasteiger partial charge in [-0.25, -0.2) is 4.68 Å². The number of nitrogens with one attached hydrogen (secondary N) is 3. The van der Waals surface area contributed by atoms with E-state index < -0.39 is 0 Å². The van der Waals surface area contributed by atoms with Gasteiger partial charge in [0.25, 0.3) is 0 Å². The minimum Gasteiger partial charge on any atom is -0.358 e. The summed E-state index contributed by atoms with van der Waals surface area (Å²) in [6.07, 6.45) is 2.38. The largest absolute Gasteiger partial charge is 0.358 e. The summed E-state index contributed by atoms with van der Waals surface area (Å²) in [5.74, 6) is 1.63. The van der Waals surface area contributed by atoms with Gasteiger partial charge in [0.1, 0.15) is 0 Å². The van der Waals surface area contributed by atoms with Gasteiger partial charge in [-0.05, 0) is 44.5 Å². The van der Waals surface area contributed by atoms with Crippen LogP contribution in [-0.2, 0) is 18.3 Å². The standard InChI is InChI=1S/C19H24N6O.ClH/c1-12-15(14-5-3-4-6-16(14)21-12)11-17(26)22-19-23-18(24-25(19)2)13-7-9-20-10-8-13;/h3-6,13,20-21H,7-11H2,1-2H3,(H,22,23,24,26);1H. The molecule has 0 spiro atoms. The highest BCUT2D eigenvalue weighted by atomic mass is 35.5. The molecular weight excluding hydrogens is 364 g/mol.